The lowest BCUT2D eigenvalue weighted by Crippen LogP contribution is -2.16. The van der Waals surface area contributed by atoms with E-state index in [2.05, 4.69) is 15.3 Å². The molecule has 0 aliphatic heterocycles. The maximum absolute atomic E-state index is 13.6. The third-order valence-electron chi connectivity index (χ3n) is 2.70. The molecule has 1 aromatic heterocycles. The Morgan fingerprint density at radius 2 is 2.06 bits per heavy atom. The first-order valence-corrected chi connectivity index (χ1v) is 7.38. The number of rotatable bonds is 3. The second-order valence-corrected chi connectivity index (χ2v) is 6.10. The maximum Gasteiger partial charge on any atom is 0.290 e. The summed E-state index contributed by atoms with van der Waals surface area (Å²) in [5.74, 6) is -2.89. The van der Waals surface area contributed by atoms with Gasteiger partial charge in [0.1, 0.15) is 11.5 Å². The standard InChI is InChI=1S/C10H13F2N3O2S/c1-3-13-8-6-4-5-10(11,12)7(6)14-9(15-8)18(2,16)17/h3-5H2,1-2H3,(H,13,14,15). The Balaban J connectivity index is 2.67. The zero-order valence-corrected chi connectivity index (χ0v) is 10.8. The van der Waals surface area contributed by atoms with Crippen LogP contribution >= 0.6 is 0 Å². The lowest BCUT2D eigenvalue weighted by molar-refractivity contribution is -0.00652. The molecule has 1 N–H and O–H groups in total. The van der Waals surface area contributed by atoms with E-state index in [9.17, 15) is 17.2 Å². The van der Waals surface area contributed by atoms with Crippen molar-refractivity contribution in [1.29, 1.82) is 0 Å². The summed E-state index contributed by atoms with van der Waals surface area (Å²) in [4.78, 5) is 7.36. The normalized spacial score (nSPS) is 17.6. The Labute approximate surface area is 104 Å². The van der Waals surface area contributed by atoms with Crippen LogP contribution in [0.5, 0.6) is 0 Å². The lowest BCUT2D eigenvalue weighted by Gasteiger charge is -2.12. The molecule has 18 heavy (non-hydrogen) atoms. The molecule has 0 radical (unpaired) electrons. The maximum atomic E-state index is 13.6. The number of nitrogens with zero attached hydrogens (tertiary/aromatic N) is 2. The Hall–Kier alpha value is -1.31. The first-order valence-electron chi connectivity index (χ1n) is 5.49. The van der Waals surface area contributed by atoms with Crippen LogP contribution in [0.1, 0.15) is 24.6 Å². The number of hydrogen-bond donors (Lipinski definition) is 1. The Morgan fingerprint density at radius 3 is 2.61 bits per heavy atom. The first-order chi connectivity index (χ1) is 8.25. The Kier molecular flexibility index (Phi) is 3.00. The van der Waals surface area contributed by atoms with E-state index in [1.165, 1.54) is 0 Å². The van der Waals surface area contributed by atoms with Gasteiger partial charge < -0.3 is 5.32 Å². The molecule has 2 rings (SSSR count). The predicted octanol–water partition coefficient (Wildman–Crippen LogP) is 1.35. The molecule has 5 nitrogen and oxygen atoms in total. The van der Waals surface area contributed by atoms with E-state index in [0.717, 1.165) is 6.26 Å². The summed E-state index contributed by atoms with van der Waals surface area (Å²) in [6, 6.07) is 0. The number of alkyl halides is 2. The summed E-state index contributed by atoms with van der Waals surface area (Å²) in [6.45, 7) is 2.25. The van der Waals surface area contributed by atoms with Gasteiger partial charge in [0.05, 0.1) is 0 Å². The zero-order chi connectivity index (χ0) is 13.6. The molecule has 1 aromatic rings. The zero-order valence-electron chi connectivity index (χ0n) is 10.00. The van der Waals surface area contributed by atoms with Crippen molar-refractivity contribution in [3.05, 3.63) is 11.3 Å². The van der Waals surface area contributed by atoms with E-state index < -0.39 is 26.6 Å². The molecule has 1 aliphatic carbocycles. The fourth-order valence-electron chi connectivity index (χ4n) is 1.88. The molecule has 0 fully saturated rings. The summed E-state index contributed by atoms with van der Waals surface area (Å²) in [5.41, 5.74) is -0.150. The van der Waals surface area contributed by atoms with Crippen molar-refractivity contribution in [3.63, 3.8) is 0 Å². The van der Waals surface area contributed by atoms with E-state index in [4.69, 9.17) is 0 Å². The number of sulfone groups is 1. The highest BCUT2D eigenvalue weighted by Crippen LogP contribution is 2.42. The minimum atomic E-state index is -3.71. The van der Waals surface area contributed by atoms with Gasteiger partial charge in [-0.15, -0.1) is 0 Å². The highest BCUT2D eigenvalue weighted by Gasteiger charge is 2.43. The van der Waals surface area contributed by atoms with Crippen molar-refractivity contribution in [1.82, 2.24) is 9.97 Å². The van der Waals surface area contributed by atoms with E-state index >= 15 is 0 Å². The van der Waals surface area contributed by atoms with E-state index in [0.29, 0.717) is 12.1 Å². The van der Waals surface area contributed by atoms with Crippen LogP contribution in [0.25, 0.3) is 0 Å². The molecule has 0 atom stereocenters. The number of hydrogen-bond acceptors (Lipinski definition) is 5. The third kappa shape index (κ3) is 2.16. The highest BCUT2D eigenvalue weighted by molar-refractivity contribution is 7.90. The molecule has 1 heterocycles. The fourth-order valence-corrected chi connectivity index (χ4v) is 2.40. The van der Waals surface area contributed by atoms with Gasteiger partial charge in [0.2, 0.25) is 15.0 Å². The minimum absolute atomic E-state index is 0.148. The smallest absolute Gasteiger partial charge is 0.290 e. The molecule has 0 aromatic carbocycles. The van der Waals surface area contributed by atoms with Crippen molar-refractivity contribution in [2.75, 3.05) is 18.1 Å². The second-order valence-electron chi connectivity index (χ2n) is 4.19. The number of nitrogens with one attached hydrogen (secondary N) is 1. The van der Waals surface area contributed by atoms with Gasteiger partial charge in [0.15, 0.2) is 0 Å². The van der Waals surface area contributed by atoms with Gasteiger partial charge in [-0.3, -0.25) is 0 Å². The van der Waals surface area contributed by atoms with Crippen LogP contribution < -0.4 is 5.32 Å². The van der Waals surface area contributed by atoms with Crippen LogP contribution in [0.4, 0.5) is 14.6 Å². The van der Waals surface area contributed by atoms with Gasteiger partial charge >= 0.3 is 0 Å². The molecule has 0 spiro atoms. The summed E-state index contributed by atoms with van der Waals surface area (Å²) < 4.78 is 50.0. The highest BCUT2D eigenvalue weighted by atomic mass is 32.2. The van der Waals surface area contributed by atoms with Crippen molar-refractivity contribution in [2.45, 2.75) is 30.8 Å². The van der Waals surface area contributed by atoms with Crippen LogP contribution in [0.15, 0.2) is 5.16 Å². The first kappa shape index (κ1) is 13.1. The van der Waals surface area contributed by atoms with Gasteiger partial charge in [0, 0.05) is 24.8 Å². The SMILES string of the molecule is CCNc1nc(S(C)(=O)=O)nc2c1CCC2(F)F. The molecule has 0 saturated carbocycles. The van der Waals surface area contributed by atoms with Crippen LogP contribution in [0, 0.1) is 0 Å². The molecule has 0 bridgehead atoms. The molecule has 0 unspecified atom stereocenters. The number of aromatic nitrogens is 2. The Morgan fingerprint density at radius 1 is 1.39 bits per heavy atom. The van der Waals surface area contributed by atoms with Gasteiger partial charge in [-0.2, -0.15) is 8.78 Å². The van der Waals surface area contributed by atoms with E-state index in [1.807, 2.05) is 0 Å². The van der Waals surface area contributed by atoms with Crippen molar-refractivity contribution < 1.29 is 17.2 Å². The third-order valence-corrected chi connectivity index (χ3v) is 3.54. The monoisotopic (exact) mass is 277 g/mol. The van der Waals surface area contributed by atoms with Gasteiger partial charge in [-0.1, -0.05) is 0 Å². The van der Waals surface area contributed by atoms with Crippen LogP contribution in [-0.4, -0.2) is 31.2 Å². The minimum Gasteiger partial charge on any atom is -0.370 e. The molecule has 0 amide bonds. The summed E-state index contributed by atoms with van der Waals surface area (Å²) in [5, 5.41) is 2.25. The molecule has 1 aliphatic rings. The molecule has 100 valence electrons. The average molecular weight is 277 g/mol. The van der Waals surface area contributed by atoms with Gasteiger partial charge in [-0.05, 0) is 13.3 Å². The Bertz CT molecular complexity index is 587. The number of halogens is 2. The van der Waals surface area contributed by atoms with Crippen LogP contribution in [0.3, 0.4) is 0 Å². The lowest BCUT2D eigenvalue weighted by atomic mass is 10.2. The summed E-state index contributed by atoms with van der Waals surface area (Å²) in [6.07, 6.45) is 0.689. The largest absolute Gasteiger partial charge is 0.370 e. The second kappa shape index (κ2) is 4.11. The summed E-state index contributed by atoms with van der Waals surface area (Å²) >= 11 is 0. The molecule has 8 heteroatoms. The van der Waals surface area contributed by atoms with Crippen molar-refractivity contribution in [3.8, 4) is 0 Å². The molecular weight excluding hydrogens is 264 g/mol. The van der Waals surface area contributed by atoms with Crippen LogP contribution in [0.2, 0.25) is 0 Å². The topological polar surface area (TPSA) is 72.0 Å². The van der Waals surface area contributed by atoms with E-state index in [-0.39, 0.29) is 18.7 Å². The average Bonchev–Trinajstić information content (AvgIpc) is 2.54. The number of fused-ring (bicyclic) bond motifs is 1. The predicted molar refractivity (Wildman–Crippen MR) is 61.5 cm³/mol. The molecular formula is C10H13F2N3O2S. The van der Waals surface area contributed by atoms with Crippen LogP contribution in [-0.2, 0) is 22.2 Å². The molecule has 0 saturated heterocycles. The van der Waals surface area contributed by atoms with Crippen molar-refractivity contribution in [2.24, 2.45) is 0 Å². The number of anilines is 1. The van der Waals surface area contributed by atoms with Crippen molar-refractivity contribution >= 4 is 15.7 Å². The summed E-state index contributed by atoms with van der Waals surface area (Å²) in [7, 11) is -3.71. The van der Waals surface area contributed by atoms with E-state index in [1.54, 1.807) is 6.92 Å². The van der Waals surface area contributed by atoms with Gasteiger partial charge in [0.25, 0.3) is 5.92 Å². The quantitative estimate of drug-likeness (QED) is 0.844. The van der Waals surface area contributed by atoms with Gasteiger partial charge in [-0.25, -0.2) is 18.4 Å². The fraction of sp³-hybridized carbons (Fsp3) is 0.600.